The number of aliphatic hydroxyl groups excluding tert-OH is 4. The molecular formula is C20H37N5O12. The van der Waals surface area contributed by atoms with Crippen LogP contribution >= 0.6 is 0 Å². The molecular weight excluding hydrogens is 502 g/mol. The summed E-state index contributed by atoms with van der Waals surface area (Å²) in [6.45, 7) is -5.67. The minimum absolute atomic E-state index is 0.182. The fraction of sp³-hybridized carbons (Fsp3) is 0.750. The molecule has 0 aliphatic heterocycles. The summed E-state index contributed by atoms with van der Waals surface area (Å²) < 4.78 is 0. The first-order valence-corrected chi connectivity index (χ1v) is 11.2. The molecule has 2 unspecified atom stereocenters. The van der Waals surface area contributed by atoms with Gasteiger partial charge < -0.3 is 47.2 Å². The van der Waals surface area contributed by atoms with E-state index in [1.54, 1.807) is 0 Å². The zero-order valence-electron chi connectivity index (χ0n) is 20.3. The van der Waals surface area contributed by atoms with Gasteiger partial charge in [0.2, 0.25) is 11.8 Å². The summed E-state index contributed by atoms with van der Waals surface area (Å²) in [5.41, 5.74) is 10.7. The van der Waals surface area contributed by atoms with Crippen LogP contribution in [0.2, 0.25) is 0 Å². The van der Waals surface area contributed by atoms with Gasteiger partial charge in [-0.2, -0.15) is 0 Å². The highest BCUT2D eigenvalue weighted by molar-refractivity contribution is 5.82. The molecule has 11 N–H and O–H groups in total. The van der Waals surface area contributed by atoms with Crippen molar-refractivity contribution >= 4 is 29.7 Å². The van der Waals surface area contributed by atoms with Crippen LogP contribution in [0.1, 0.15) is 0 Å². The van der Waals surface area contributed by atoms with Gasteiger partial charge in [-0.05, 0) is 0 Å². The number of aliphatic hydroxyl groups is 4. The van der Waals surface area contributed by atoms with Gasteiger partial charge in [0.05, 0.1) is 58.1 Å². The second kappa shape index (κ2) is 17.5. The fourth-order valence-electron chi connectivity index (χ4n) is 3.92. The summed E-state index contributed by atoms with van der Waals surface area (Å²) in [5.74, 6) is -8.27. The first-order chi connectivity index (χ1) is 17.3. The molecule has 214 valence electrons. The van der Waals surface area contributed by atoms with Crippen molar-refractivity contribution in [1.29, 1.82) is 0 Å². The highest BCUT2D eigenvalue weighted by Gasteiger charge is 2.35. The van der Waals surface area contributed by atoms with E-state index in [1.165, 1.54) is 4.90 Å². The molecule has 0 radical (unpaired) electrons. The molecule has 0 saturated carbocycles. The van der Waals surface area contributed by atoms with Crippen molar-refractivity contribution in [2.24, 2.45) is 23.3 Å². The van der Waals surface area contributed by atoms with Crippen LogP contribution in [0, 0.1) is 11.8 Å². The Bertz CT molecular complexity index is 708. The summed E-state index contributed by atoms with van der Waals surface area (Å²) in [6, 6.07) is -2.79. The Morgan fingerprint density at radius 2 is 0.838 bits per heavy atom. The molecule has 0 aromatic carbocycles. The highest BCUT2D eigenvalue weighted by atomic mass is 16.4. The first kappa shape index (κ1) is 34.1. The van der Waals surface area contributed by atoms with E-state index >= 15 is 0 Å². The highest BCUT2D eigenvalue weighted by Crippen LogP contribution is 2.14. The monoisotopic (exact) mass is 539 g/mol. The summed E-state index contributed by atoms with van der Waals surface area (Å²) in [4.78, 5) is 61.5. The molecule has 0 aliphatic rings. The van der Waals surface area contributed by atoms with Gasteiger partial charge in [-0.1, -0.05) is 0 Å². The van der Waals surface area contributed by atoms with Crippen LogP contribution in [0.5, 0.6) is 0 Å². The lowest BCUT2D eigenvalue weighted by Gasteiger charge is -2.35. The molecule has 0 aliphatic carbocycles. The standard InChI is InChI=1S/C20H37N5O12/c21-19(36)17(12(8-26)9-27)24(6-15(32)33)3-1-23(5-14(30)31)2-4-25(7-16(34)35)18(20(22)37)13(10-28)11-29/h12-13,17-18,26-29H,1-11H2,(H2,21,36)(H2,22,37)(H,30,31)(H,32,33)(H,34,35). The van der Waals surface area contributed by atoms with Gasteiger partial charge in [-0.3, -0.25) is 38.7 Å². The minimum atomic E-state index is -1.39. The van der Waals surface area contributed by atoms with Crippen molar-refractivity contribution in [3.63, 3.8) is 0 Å². The molecule has 17 nitrogen and oxygen atoms in total. The molecule has 2 amide bonds. The third-order valence-electron chi connectivity index (χ3n) is 5.64. The van der Waals surface area contributed by atoms with E-state index in [-0.39, 0.29) is 26.2 Å². The van der Waals surface area contributed by atoms with E-state index in [0.29, 0.717) is 0 Å². The van der Waals surface area contributed by atoms with Gasteiger partial charge in [0.25, 0.3) is 0 Å². The predicted molar refractivity (Wildman–Crippen MR) is 124 cm³/mol. The maximum atomic E-state index is 12.0. The summed E-state index contributed by atoms with van der Waals surface area (Å²) in [6.07, 6.45) is 0. The SMILES string of the molecule is NC(=O)C(C(CO)CO)N(CCN(CCN(CC(=O)O)C(C(N)=O)C(CO)CO)CC(=O)O)CC(=O)O. The molecule has 0 aromatic rings. The normalized spacial score (nSPS) is 13.4. The van der Waals surface area contributed by atoms with Gasteiger partial charge in [-0.25, -0.2) is 0 Å². The predicted octanol–water partition coefficient (Wildman–Crippen LogP) is -5.94. The lowest BCUT2D eigenvalue weighted by molar-refractivity contribution is -0.142. The number of carboxylic acid groups (broad SMARTS) is 3. The number of carbonyl (C=O) groups excluding carboxylic acids is 2. The van der Waals surface area contributed by atoms with E-state index in [1.807, 2.05) is 0 Å². The Morgan fingerprint density at radius 1 is 0.541 bits per heavy atom. The Kier molecular flexibility index (Phi) is 16.1. The number of carboxylic acids is 3. The number of hydrogen-bond acceptors (Lipinski definition) is 12. The smallest absolute Gasteiger partial charge is 0.317 e. The van der Waals surface area contributed by atoms with Crippen LogP contribution in [-0.4, -0.2) is 164 Å². The Balaban J connectivity index is 5.86. The maximum Gasteiger partial charge on any atom is 0.317 e. The number of primary amides is 2. The van der Waals surface area contributed by atoms with Crippen LogP contribution in [0.4, 0.5) is 0 Å². The van der Waals surface area contributed by atoms with E-state index in [2.05, 4.69) is 0 Å². The molecule has 0 heterocycles. The average molecular weight is 540 g/mol. The van der Waals surface area contributed by atoms with Crippen LogP contribution in [0.3, 0.4) is 0 Å². The van der Waals surface area contributed by atoms with Crippen LogP contribution in [0.15, 0.2) is 0 Å². The molecule has 17 heteroatoms. The number of nitrogens with two attached hydrogens (primary N) is 2. The molecule has 0 bridgehead atoms. The number of aliphatic carboxylic acids is 3. The van der Waals surface area contributed by atoms with Gasteiger partial charge in [0.15, 0.2) is 0 Å². The van der Waals surface area contributed by atoms with Crippen molar-refractivity contribution < 1.29 is 59.7 Å². The second-order valence-corrected chi connectivity index (χ2v) is 8.34. The van der Waals surface area contributed by atoms with Crippen molar-refractivity contribution in [3.05, 3.63) is 0 Å². The molecule has 37 heavy (non-hydrogen) atoms. The van der Waals surface area contributed by atoms with Gasteiger partial charge in [0.1, 0.15) is 0 Å². The van der Waals surface area contributed by atoms with E-state index in [0.717, 1.165) is 9.80 Å². The lowest BCUT2D eigenvalue weighted by Crippen LogP contribution is -2.56. The van der Waals surface area contributed by atoms with Crippen LogP contribution < -0.4 is 11.5 Å². The summed E-state index contributed by atoms with van der Waals surface area (Å²) in [5, 5.41) is 65.7. The quantitative estimate of drug-likeness (QED) is 0.0618. The topological polar surface area (TPSA) is 289 Å². The number of rotatable bonds is 22. The number of carbonyl (C=O) groups is 5. The fourth-order valence-corrected chi connectivity index (χ4v) is 3.92. The van der Waals surface area contributed by atoms with Crippen molar-refractivity contribution in [1.82, 2.24) is 14.7 Å². The Morgan fingerprint density at radius 3 is 1.05 bits per heavy atom. The molecule has 0 rings (SSSR count). The van der Waals surface area contributed by atoms with Gasteiger partial charge in [-0.15, -0.1) is 0 Å². The minimum Gasteiger partial charge on any atom is -0.480 e. The lowest BCUT2D eigenvalue weighted by atomic mass is 9.99. The summed E-state index contributed by atoms with van der Waals surface area (Å²) >= 11 is 0. The third-order valence-corrected chi connectivity index (χ3v) is 5.64. The van der Waals surface area contributed by atoms with E-state index < -0.39 is 99.7 Å². The van der Waals surface area contributed by atoms with Crippen LogP contribution in [0.25, 0.3) is 0 Å². The van der Waals surface area contributed by atoms with Crippen molar-refractivity contribution in [2.75, 3.05) is 72.2 Å². The molecule has 0 fully saturated rings. The van der Waals surface area contributed by atoms with E-state index in [4.69, 9.17) is 11.5 Å². The Labute approximate surface area is 212 Å². The largest absolute Gasteiger partial charge is 0.480 e. The zero-order valence-corrected chi connectivity index (χ0v) is 20.3. The molecule has 0 aromatic heterocycles. The van der Waals surface area contributed by atoms with Crippen molar-refractivity contribution in [3.8, 4) is 0 Å². The molecule has 0 saturated heterocycles. The van der Waals surface area contributed by atoms with Gasteiger partial charge >= 0.3 is 17.9 Å². The number of amides is 2. The first-order valence-electron chi connectivity index (χ1n) is 11.2. The number of hydrogen-bond donors (Lipinski definition) is 9. The van der Waals surface area contributed by atoms with Crippen molar-refractivity contribution in [2.45, 2.75) is 12.1 Å². The maximum absolute atomic E-state index is 12.0. The third kappa shape index (κ3) is 12.2. The number of nitrogens with zero attached hydrogens (tertiary/aromatic N) is 3. The molecule has 2 atom stereocenters. The average Bonchev–Trinajstić information content (AvgIpc) is 2.79. The Hall–Kier alpha value is -2.93. The van der Waals surface area contributed by atoms with Crippen LogP contribution in [-0.2, 0) is 24.0 Å². The van der Waals surface area contributed by atoms with E-state index in [9.17, 15) is 59.7 Å². The summed E-state index contributed by atoms with van der Waals surface area (Å²) in [7, 11) is 0. The van der Waals surface area contributed by atoms with Gasteiger partial charge in [0, 0.05) is 38.0 Å². The second-order valence-electron chi connectivity index (χ2n) is 8.34. The zero-order chi connectivity index (χ0) is 28.7. The molecule has 0 spiro atoms.